The number of ether oxygens (including phenoxy) is 1. The fourth-order valence-electron chi connectivity index (χ4n) is 5.55. The number of nitrogens with one attached hydrogen (secondary N) is 2. The van der Waals surface area contributed by atoms with Gasteiger partial charge in [0.05, 0.1) is 18.7 Å². The molecule has 1 aromatic rings. The van der Waals surface area contributed by atoms with Crippen molar-refractivity contribution < 1.29 is 22.7 Å². The number of nitrogens with zero attached hydrogens (tertiary/aromatic N) is 2. The predicted octanol–water partition coefficient (Wildman–Crippen LogP) is 4.63. The van der Waals surface area contributed by atoms with Gasteiger partial charge in [-0.05, 0) is 79.1 Å². The zero-order valence-corrected chi connectivity index (χ0v) is 23.0. The highest BCUT2D eigenvalue weighted by molar-refractivity contribution is 5.79. The van der Waals surface area contributed by atoms with Crippen LogP contribution in [0.2, 0.25) is 0 Å². The maximum atomic E-state index is 13.2. The van der Waals surface area contributed by atoms with Crippen molar-refractivity contribution in [2.45, 2.75) is 57.8 Å². The highest BCUT2D eigenvalue weighted by Gasteiger charge is 2.32. The van der Waals surface area contributed by atoms with Crippen molar-refractivity contribution in [3.63, 3.8) is 0 Å². The van der Waals surface area contributed by atoms with Gasteiger partial charge in [-0.3, -0.25) is 9.69 Å². The molecule has 1 unspecified atom stereocenters. The Balaban J connectivity index is 1.35. The summed E-state index contributed by atoms with van der Waals surface area (Å²) in [6, 6.07) is 4.29. The van der Waals surface area contributed by atoms with Crippen LogP contribution in [0.25, 0.3) is 0 Å². The second-order valence-corrected chi connectivity index (χ2v) is 10.9. The van der Waals surface area contributed by atoms with Gasteiger partial charge in [-0.15, -0.1) is 0 Å². The van der Waals surface area contributed by atoms with Crippen LogP contribution in [0.4, 0.5) is 13.2 Å². The summed E-state index contributed by atoms with van der Waals surface area (Å²) in [5.74, 6) is 0.129. The largest absolute Gasteiger partial charge is 0.416 e. The average Bonchev–Trinajstić information content (AvgIpc) is 3.43. The summed E-state index contributed by atoms with van der Waals surface area (Å²) in [5, 5.41) is 6.65. The van der Waals surface area contributed by atoms with Gasteiger partial charge in [0.15, 0.2) is 0 Å². The van der Waals surface area contributed by atoms with Gasteiger partial charge in [0.25, 0.3) is 0 Å². The molecule has 3 heterocycles. The number of halogens is 3. The number of carbonyl (C=O) groups is 1. The third-order valence-corrected chi connectivity index (χ3v) is 7.86. The molecular weight excluding hydrogens is 505 g/mol. The van der Waals surface area contributed by atoms with Crippen molar-refractivity contribution in [2.75, 3.05) is 46.4 Å². The third kappa shape index (κ3) is 8.68. The molecular formula is C30H41F3N4O2. The molecule has 39 heavy (non-hydrogen) atoms. The number of carbonyl (C=O) groups excluding carboxylic acids is 1. The van der Waals surface area contributed by atoms with Crippen molar-refractivity contribution in [3.8, 4) is 0 Å². The smallest absolute Gasteiger partial charge is 0.380 e. The van der Waals surface area contributed by atoms with E-state index in [1.165, 1.54) is 17.2 Å². The Morgan fingerprint density at radius 3 is 2.82 bits per heavy atom. The van der Waals surface area contributed by atoms with Gasteiger partial charge in [0.1, 0.15) is 0 Å². The number of rotatable bonds is 11. The predicted molar refractivity (Wildman–Crippen MR) is 147 cm³/mol. The number of hydrogen-bond acceptors (Lipinski definition) is 5. The molecule has 0 bridgehead atoms. The Bertz CT molecular complexity index is 1080. The molecule has 1 fully saturated rings. The SMILES string of the molecule is CC/C(=C/NC(=O)CN1CCc2ccc(C(F)(F)F)cc2C1)[C@@H](CCC1=CC=CN(C)C1)CNC1CCOC1. The number of hydrogen-bond donors (Lipinski definition) is 2. The first-order valence-electron chi connectivity index (χ1n) is 14.0. The Morgan fingerprint density at radius 2 is 2.10 bits per heavy atom. The van der Waals surface area contributed by atoms with Gasteiger partial charge >= 0.3 is 6.18 Å². The van der Waals surface area contributed by atoms with Gasteiger partial charge in [0.2, 0.25) is 5.91 Å². The maximum absolute atomic E-state index is 13.2. The van der Waals surface area contributed by atoms with Crippen LogP contribution in [0.1, 0.15) is 49.3 Å². The van der Waals surface area contributed by atoms with E-state index in [1.54, 1.807) is 6.07 Å². The molecule has 1 aromatic carbocycles. The molecule has 0 radical (unpaired) electrons. The lowest BCUT2D eigenvalue weighted by molar-refractivity contribution is -0.137. The molecule has 6 nitrogen and oxygen atoms in total. The number of fused-ring (bicyclic) bond motifs is 1. The molecule has 2 atom stereocenters. The van der Waals surface area contributed by atoms with Crippen molar-refractivity contribution in [3.05, 3.63) is 70.6 Å². The van der Waals surface area contributed by atoms with Gasteiger partial charge in [-0.2, -0.15) is 13.2 Å². The van der Waals surface area contributed by atoms with Crippen LogP contribution in [0, 0.1) is 5.92 Å². The van der Waals surface area contributed by atoms with Crippen LogP contribution in [-0.2, 0) is 28.7 Å². The van der Waals surface area contributed by atoms with Crippen LogP contribution in [0.3, 0.4) is 0 Å². The Morgan fingerprint density at radius 1 is 1.26 bits per heavy atom. The normalized spacial score (nSPS) is 21.1. The molecule has 9 heteroatoms. The van der Waals surface area contributed by atoms with Crippen LogP contribution >= 0.6 is 0 Å². The summed E-state index contributed by atoms with van der Waals surface area (Å²) < 4.78 is 45.0. The monoisotopic (exact) mass is 546 g/mol. The summed E-state index contributed by atoms with van der Waals surface area (Å²) in [7, 11) is 2.08. The van der Waals surface area contributed by atoms with E-state index in [0.29, 0.717) is 31.1 Å². The van der Waals surface area contributed by atoms with E-state index < -0.39 is 11.7 Å². The number of allylic oxidation sites excluding steroid dienone is 2. The maximum Gasteiger partial charge on any atom is 0.416 e. The Labute approximate surface area is 229 Å². The molecule has 1 saturated heterocycles. The molecule has 3 aliphatic rings. The zero-order valence-electron chi connectivity index (χ0n) is 23.0. The van der Waals surface area contributed by atoms with Gasteiger partial charge in [0, 0.05) is 52.1 Å². The molecule has 3 aliphatic heterocycles. The number of amides is 1. The summed E-state index contributed by atoms with van der Waals surface area (Å²) >= 11 is 0. The molecule has 214 valence electrons. The summed E-state index contributed by atoms with van der Waals surface area (Å²) in [6.45, 7) is 6.52. The fraction of sp³-hybridized carbons (Fsp3) is 0.567. The first-order valence-corrected chi connectivity index (χ1v) is 14.0. The topological polar surface area (TPSA) is 56.8 Å². The quantitative estimate of drug-likeness (QED) is 0.424. The van der Waals surface area contributed by atoms with Crippen LogP contribution in [-0.4, -0.2) is 68.2 Å². The number of likely N-dealkylation sites (N-methyl/N-ethyl adjacent to an activating group) is 1. The molecule has 0 spiro atoms. The minimum Gasteiger partial charge on any atom is -0.380 e. The van der Waals surface area contributed by atoms with E-state index in [9.17, 15) is 18.0 Å². The van der Waals surface area contributed by atoms with E-state index in [2.05, 4.69) is 47.9 Å². The van der Waals surface area contributed by atoms with Crippen molar-refractivity contribution in [2.24, 2.45) is 5.92 Å². The van der Waals surface area contributed by atoms with Crippen LogP contribution in [0.15, 0.2) is 53.9 Å². The summed E-state index contributed by atoms with van der Waals surface area (Å²) in [5.41, 5.74) is 3.51. The second-order valence-electron chi connectivity index (χ2n) is 10.9. The average molecular weight is 547 g/mol. The molecule has 0 aromatic heterocycles. The van der Waals surface area contributed by atoms with Crippen molar-refractivity contribution in [1.82, 2.24) is 20.4 Å². The first kappa shape index (κ1) is 29.4. The molecule has 0 saturated carbocycles. The summed E-state index contributed by atoms with van der Waals surface area (Å²) in [6.07, 6.45) is 8.29. The number of alkyl halides is 3. The number of benzene rings is 1. The summed E-state index contributed by atoms with van der Waals surface area (Å²) in [4.78, 5) is 17.0. The lowest BCUT2D eigenvalue weighted by Crippen LogP contribution is -2.39. The van der Waals surface area contributed by atoms with E-state index in [-0.39, 0.29) is 18.4 Å². The third-order valence-electron chi connectivity index (χ3n) is 7.86. The minimum atomic E-state index is -4.37. The van der Waals surface area contributed by atoms with Crippen LogP contribution < -0.4 is 10.6 Å². The Kier molecular flexibility index (Phi) is 10.3. The van der Waals surface area contributed by atoms with Crippen molar-refractivity contribution in [1.29, 1.82) is 0 Å². The highest BCUT2D eigenvalue weighted by Crippen LogP contribution is 2.32. The lowest BCUT2D eigenvalue weighted by atomic mass is 9.90. The van der Waals surface area contributed by atoms with Crippen molar-refractivity contribution >= 4 is 5.91 Å². The van der Waals surface area contributed by atoms with E-state index in [1.807, 2.05) is 11.1 Å². The molecule has 0 aliphatic carbocycles. The molecule has 1 amide bonds. The standard InChI is InChI=1S/C30H41F3N4O2/c1-3-23(25(17-34-28-11-14-39-21-28)7-6-22-5-4-12-36(2)18-22)16-35-29(38)20-37-13-10-24-8-9-27(30(31,32)33)15-26(24)19-37/h4-5,8-9,12,15-16,25,28,34H,3,6-7,10-11,13-14,17-21H2,1-2H3,(H,35,38)/b23-16-/t25-,28?/m0/s1. The first-order chi connectivity index (χ1) is 18.7. The molecule has 2 N–H and O–H groups in total. The van der Waals surface area contributed by atoms with Gasteiger partial charge in [-0.1, -0.05) is 24.6 Å². The van der Waals surface area contributed by atoms with Gasteiger partial charge in [-0.25, -0.2) is 0 Å². The van der Waals surface area contributed by atoms with E-state index in [4.69, 9.17) is 4.74 Å². The highest BCUT2D eigenvalue weighted by atomic mass is 19.4. The second kappa shape index (κ2) is 13.6. The fourth-order valence-corrected chi connectivity index (χ4v) is 5.55. The Hall–Kier alpha value is -2.62. The van der Waals surface area contributed by atoms with Crippen LogP contribution in [0.5, 0.6) is 0 Å². The zero-order chi connectivity index (χ0) is 27.8. The minimum absolute atomic E-state index is 0.144. The lowest BCUT2D eigenvalue weighted by Gasteiger charge is -2.28. The van der Waals surface area contributed by atoms with Gasteiger partial charge < -0.3 is 20.3 Å². The van der Waals surface area contributed by atoms with E-state index >= 15 is 0 Å². The van der Waals surface area contributed by atoms with E-state index in [0.717, 1.165) is 63.6 Å². The molecule has 4 rings (SSSR count).